The van der Waals surface area contributed by atoms with E-state index in [2.05, 4.69) is 5.32 Å². The predicted octanol–water partition coefficient (Wildman–Crippen LogP) is 5.11. The van der Waals surface area contributed by atoms with Gasteiger partial charge in [-0.1, -0.05) is 43.7 Å². The van der Waals surface area contributed by atoms with Crippen LogP contribution < -0.4 is 14.4 Å². The average Bonchev–Trinajstić information content (AvgIpc) is 2.97. The third-order valence-electron chi connectivity index (χ3n) is 6.59. The average molecular weight is 598 g/mol. The van der Waals surface area contributed by atoms with Crippen LogP contribution in [-0.4, -0.2) is 57.6 Å². The van der Waals surface area contributed by atoms with Crippen LogP contribution in [0.5, 0.6) is 5.75 Å². The fourth-order valence-electron chi connectivity index (χ4n) is 4.12. The maximum atomic E-state index is 14.0. The molecular formula is C31H39N3O5S2. The summed E-state index contributed by atoms with van der Waals surface area (Å²) >= 11 is 1.51. The van der Waals surface area contributed by atoms with Gasteiger partial charge in [0.05, 0.1) is 17.7 Å². The molecule has 0 fully saturated rings. The molecule has 10 heteroatoms. The zero-order chi connectivity index (χ0) is 30.2. The van der Waals surface area contributed by atoms with Crippen LogP contribution in [0.15, 0.2) is 82.6 Å². The largest absolute Gasteiger partial charge is 0.497 e. The number of hydrogen-bond donors (Lipinski definition) is 1. The highest BCUT2D eigenvalue weighted by molar-refractivity contribution is 7.98. The molecule has 0 aliphatic heterocycles. The van der Waals surface area contributed by atoms with Gasteiger partial charge in [0.15, 0.2) is 0 Å². The van der Waals surface area contributed by atoms with E-state index in [0.717, 1.165) is 20.3 Å². The summed E-state index contributed by atoms with van der Waals surface area (Å²) in [4.78, 5) is 29.5. The molecule has 0 heterocycles. The molecule has 0 radical (unpaired) electrons. The van der Waals surface area contributed by atoms with Crippen molar-refractivity contribution in [3.05, 3.63) is 83.9 Å². The van der Waals surface area contributed by atoms with Crippen molar-refractivity contribution in [1.82, 2.24) is 10.2 Å². The van der Waals surface area contributed by atoms with Crippen molar-refractivity contribution in [1.29, 1.82) is 0 Å². The van der Waals surface area contributed by atoms with Gasteiger partial charge in [-0.05, 0) is 80.1 Å². The Balaban J connectivity index is 2.02. The molecule has 0 saturated heterocycles. The van der Waals surface area contributed by atoms with Gasteiger partial charge >= 0.3 is 0 Å². The zero-order valence-corrected chi connectivity index (χ0v) is 26.1. The number of nitrogens with one attached hydrogen (secondary N) is 1. The molecule has 41 heavy (non-hydrogen) atoms. The number of thioether (sulfide) groups is 1. The molecule has 0 bridgehead atoms. The van der Waals surface area contributed by atoms with Gasteiger partial charge in [0, 0.05) is 18.0 Å². The number of benzene rings is 3. The smallest absolute Gasteiger partial charge is 0.264 e. The first-order valence-electron chi connectivity index (χ1n) is 13.4. The van der Waals surface area contributed by atoms with E-state index in [1.54, 1.807) is 74.7 Å². The van der Waals surface area contributed by atoms with E-state index < -0.39 is 28.5 Å². The van der Waals surface area contributed by atoms with Crippen molar-refractivity contribution in [3.63, 3.8) is 0 Å². The molecule has 8 nitrogen and oxygen atoms in total. The quantitative estimate of drug-likeness (QED) is 0.275. The van der Waals surface area contributed by atoms with Crippen LogP contribution in [-0.2, 0) is 26.2 Å². The van der Waals surface area contributed by atoms with Crippen LogP contribution in [0, 0.1) is 12.8 Å². The molecule has 0 aliphatic carbocycles. The lowest BCUT2D eigenvalue weighted by molar-refractivity contribution is -0.139. The molecule has 2 amide bonds. The fourth-order valence-corrected chi connectivity index (χ4v) is 5.94. The van der Waals surface area contributed by atoms with E-state index in [1.165, 1.54) is 16.7 Å². The summed E-state index contributed by atoms with van der Waals surface area (Å²) in [6, 6.07) is 19.9. The van der Waals surface area contributed by atoms with Gasteiger partial charge in [-0.3, -0.25) is 13.9 Å². The molecule has 0 saturated carbocycles. The first kappa shape index (κ1) is 32.0. The van der Waals surface area contributed by atoms with Crippen molar-refractivity contribution >= 4 is 39.3 Å². The Kier molecular flexibility index (Phi) is 11.3. The minimum absolute atomic E-state index is 0.0748. The van der Waals surface area contributed by atoms with Gasteiger partial charge in [0.2, 0.25) is 11.8 Å². The number of hydrogen-bond acceptors (Lipinski definition) is 6. The highest BCUT2D eigenvalue weighted by Gasteiger charge is 2.32. The third-order valence-corrected chi connectivity index (χ3v) is 9.12. The van der Waals surface area contributed by atoms with Gasteiger partial charge in [-0.15, -0.1) is 11.8 Å². The lowest BCUT2D eigenvalue weighted by Gasteiger charge is -2.32. The van der Waals surface area contributed by atoms with E-state index in [4.69, 9.17) is 4.74 Å². The standard InChI is InChI=1S/C31H39N3O5S2/c1-22(2)19-32-31(36)24(4)33(20-25-8-7-9-27(18-25)39-5)30(35)21-34(26-12-10-23(3)11-13-26)41(37,38)29-16-14-28(40-6)15-17-29/h7-18,22,24H,19-21H2,1-6H3,(H,32,36)/t24-/m0/s1. The van der Waals surface area contributed by atoms with Gasteiger partial charge < -0.3 is 15.0 Å². The Labute approximate surface area is 248 Å². The van der Waals surface area contributed by atoms with Crippen molar-refractivity contribution in [2.75, 3.05) is 30.8 Å². The number of sulfonamides is 1. The van der Waals surface area contributed by atoms with Gasteiger partial charge in [-0.25, -0.2) is 8.42 Å². The molecule has 3 aromatic rings. The molecule has 0 aliphatic rings. The second-order valence-electron chi connectivity index (χ2n) is 10.2. The van der Waals surface area contributed by atoms with Crippen LogP contribution in [0.3, 0.4) is 0 Å². The van der Waals surface area contributed by atoms with Crippen LogP contribution in [0.25, 0.3) is 0 Å². The Bertz CT molecular complexity index is 1420. The van der Waals surface area contributed by atoms with Gasteiger partial charge in [0.1, 0.15) is 18.3 Å². The Morgan fingerprint density at radius 2 is 1.63 bits per heavy atom. The number of carbonyl (C=O) groups excluding carboxylic acids is 2. The minimum atomic E-state index is -4.12. The van der Waals surface area contributed by atoms with E-state index in [9.17, 15) is 18.0 Å². The summed E-state index contributed by atoms with van der Waals surface area (Å²) in [6.45, 7) is 7.60. The fraction of sp³-hybridized carbons (Fsp3) is 0.355. The number of anilines is 1. The first-order chi connectivity index (χ1) is 19.5. The Morgan fingerprint density at radius 1 is 0.976 bits per heavy atom. The number of aryl methyl sites for hydroxylation is 1. The van der Waals surface area contributed by atoms with Crippen LogP contribution in [0.4, 0.5) is 5.69 Å². The molecule has 3 rings (SSSR count). The summed E-state index contributed by atoms with van der Waals surface area (Å²) < 4.78 is 34.4. The lowest BCUT2D eigenvalue weighted by Crippen LogP contribution is -2.51. The number of amides is 2. The first-order valence-corrected chi connectivity index (χ1v) is 16.1. The molecule has 3 aromatic carbocycles. The minimum Gasteiger partial charge on any atom is -0.497 e. The second-order valence-corrected chi connectivity index (χ2v) is 13.0. The van der Waals surface area contributed by atoms with Crippen molar-refractivity contribution < 1.29 is 22.7 Å². The predicted molar refractivity (Wildman–Crippen MR) is 165 cm³/mol. The van der Waals surface area contributed by atoms with Gasteiger partial charge in [0.25, 0.3) is 10.0 Å². The van der Waals surface area contributed by atoms with Crippen molar-refractivity contribution in [2.45, 2.75) is 50.1 Å². The van der Waals surface area contributed by atoms with Gasteiger partial charge in [-0.2, -0.15) is 0 Å². The third kappa shape index (κ3) is 8.50. The van der Waals surface area contributed by atoms with E-state index in [1.807, 2.05) is 39.2 Å². The summed E-state index contributed by atoms with van der Waals surface area (Å²) in [5.74, 6) is 0.0231. The number of nitrogens with zero attached hydrogens (tertiary/aromatic N) is 2. The topological polar surface area (TPSA) is 96.0 Å². The molecule has 0 spiro atoms. The molecule has 1 atom stereocenters. The van der Waals surface area contributed by atoms with Crippen molar-refractivity contribution in [2.24, 2.45) is 5.92 Å². The lowest BCUT2D eigenvalue weighted by atomic mass is 10.1. The van der Waals surface area contributed by atoms with Crippen LogP contribution in [0.2, 0.25) is 0 Å². The molecule has 220 valence electrons. The molecule has 0 aromatic heterocycles. The summed E-state index contributed by atoms with van der Waals surface area (Å²) in [5.41, 5.74) is 2.06. The molecule has 1 N–H and O–H groups in total. The van der Waals surface area contributed by atoms with E-state index in [0.29, 0.717) is 18.0 Å². The number of carbonyl (C=O) groups is 2. The number of ether oxygens (including phenoxy) is 1. The highest BCUT2D eigenvalue weighted by Crippen LogP contribution is 2.27. The Morgan fingerprint density at radius 3 is 2.22 bits per heavy atom. The number of rotatable bonds is 13. The maximum Gasteiger partial charge on any atom is 0.264 e. The number of methoxy groups -OCH3 is 1. The summed E-state index contributed by atoms with van der Waals surface area (Å²) in [7, 11) is -2.56. The molecular weight excluding hydrogens is 558 g/mol. The maximum absolute atomic E-state index is 14.0. The SMILES string of the molecule is COc1cccc(CN(C(=O)CN(c2ccc(C)cc2)S(=O)(=O)c2ccc(SC)cc2)[C@@H](C)C(=O)NCC(C)C)c1. The van der Waals surface area contributed by atoms with E-state index in [-0.39, 0.29) is 23.3 Å². The summed E-state index contributed by atoms with van der Waals surface area (Å²) in [6.07, 6.45) is 1.91. The van der Waals surface area contributed by atoms with Crippen LogP contribution >= 0.6 is 11.8 Å². The monoisotopic (exact) mass is 597 g/mol. The zero-order valence-electron chi connectivity index (χ0n) is 24.5. The highest BCUT2D eigenvalue weighted by atomic mass is 32.2. The summed E-state index contributed by atoms with van der Waals surface area (Å²) in [5, 5.41) is 2.89. The van der Waals surface area contributed by atoms with E-state index >= 15 is 0 Å². The van der Waals surface area contributed by atoms with Crippen molar-refractivity contribution in [3.8, 4) is 5.75 Å². The normalized spacial score (nSPS) is 12.1. The van der Waals surface area contributed by atoms with Crippen LogP contribution in [0.1, 0.15) is 31.9 Å². The molecule has 0 unspecified atom stereocenters. The second kappa shape index (κ2) is 14.4. The Hall–Kier alpha value is -3.50.